The normalized spacial score (nSPS) is 10.7. The zero-order valence-corrected chi connectivity index (χ0v) is 13.3. The van der Waals surface area contributed by atoms with Crippen LogP contribution in [-0.4, -0.2) is 16.5 Å². The second-order valence-electron chi connectivity index (χ2n) is 4.47. The second kappa shape index (κ2) is 6.42. The molecule has 0 aliphatic rings. The topological polar surface area (TPSA) is 37.8 Å². The number of aryl methyl sites for hydroxylation is 1. The highest BCUT2D eigenvalue weighted by molar-refractivity contribution is 6.35. The molecule has 2 aromatic rings. The molecule has 0 spiro atoms. The van der Waals surface area contributed by atoms with Gasteiger partial charge in [0.05, 0.1) is 5.02 Å². The number of hydrogen-bond acceptors (Lipinski definition) is 3. The van der Waals surface area contributed by atoms with Gasteiger partial charge in [-0.3, -0.25) is 0 Å². The maximum Gasteiger partial charge on any atom is 0.163 e. The summed E-state index contributed by atoms with van der Waals surface area (Å²) >= 11 is 12.3. The Bertz CT molecular complexity index is 627. The number of halogens is 2. The van der Waals surface area contributed by atoms with E-state index in [4.69, 9.17) is 23.2 Å². The molecule has 0 atom stereocenters. The molecular formula is C15H17Cl2N3. The summed E-state index contributed by atoms with van der Waals surface area (Å²) < 4.78 is 0. The Morgan fingerprint density at radius 3 is 2.55 bits per heavy atom. The standard InChI is InChI=1S/C15H17Cl2N3/c1-4-11-9(3)19-15(20-14(11)18-5-2)12-8-10(16)6-7-13(12)17/h6-8H,4-5H2,1-3H3,(H,18,19,20). The molecule has 1 aromatic carbocycles. The van der Waals surface area contributed by atoms with Gasteiger partial charge < -0.3 is 5.32 Å². The van der Waals surface area contributed by atoms with E-state index in [-0.39, 0.29) is 0 Å². The molecule has 1 N–H and O–H groups in total. The van der Waals surface area contributed by atoms with Crippen molar-refractivity contribution in [2.24, 2.45) is 0 Å². The number of aromatic nitrogens is 2. The molecule has 2 rings (SSSR count). The van der Waals surface area contributed by atoms with E-state index in [2.05, 4.69) is 22.2 Å². The third kappa shape index (κ3) is 3.05. The molecular weight excluding hydrogens is 293 g/mol. The average molecular weight is 310 g/mol. The number of nitrogens with zero attached hydrogens (tertiary/aromatic N) is 2. The minimum absolute atomic E-state index is 0.598. The molecule has 1 aromatic heterocycles. The molecule has 0 bridgehead atoms. The summed E-state index contributed by atoms with van der Waals surface area (Å²) in [7, 11) is 0. The number of hydrogen-bond donors (Lipinski definition) is 1. The van der Waals surface area contributed by atoms with Crippen LogP contribution < -0.4 is 5.32 Å². The van der Waals surface area contributed by atoms with Gasteiger partial charge in [-0.2, -0.15) is 0 Å². The van der Waals surface area contributed by atoms with E-state index in [1.165, 1.54) is 0 Å². The highest BCUT2D eigenvalue weighted by atomic mass is 35.5. The van der Waals surface area contributed by atoms with Crippen molar-refractivity contribution in [1.82, 2.24) is 9.97 Å². The van der Waals surface area contributed by atoms with Crippen molar-refractivity contribution in [2.45, 2.75) is 27.2 Å². The number of nitrogens with one attached hydrogen (secondary N) is 1. The average Bonchev–Trinajstić information content (AvgIpc) is 2.41. The van der Waals surface area contributed by atoms with Crippen LogP contribution in [0.3, 0.4) is 0 Å². The minimum Gasteiger partial charge on any atom is -0.370 e. The first-order chi connectivity index (χ1) is 9.56. The summed E-state index contributed by atoms with van der Waals surface area (Å²) in [6.45, 7) is 6.94. The van der Waals surface area contributed by atoms with Crippen molar-refractivity contribution >= 4 is 29.0 Å². The molecule has 1 heterocycles. The predicted molar refractivity (Wildman–Crippen MR) is 85.8 cm³/mol. The van der Waals surface area contributed by atoms with Gasteiger partial charge in [0, 0.05) is 28.4 Å². The lowest BCUT2D eigenvalue weighted by Gasteiger charge is -2.13. The summed E-state index contributed by atoms with van der Waals surface area (Å²) in [5, 5.41) is 4.50. The van der Waals surface area contributed by atoms with Crippen LogP contribution >= 0.6 is 23.2 Å². The van der Waals surface area contributed by atoms with Gasteiger partial charge in [0.2, 0.25) is 0 Å². The molecule has 0 saturated carbocycles. The van der Waals surface area contributed by atoms with E-state index in [1.807, 2.05) is 13.8 Å². The third-order valence-corrected chi connectivity index (χ3v) is 3.65. The van der Waals surface area contributed by atoms with E-state index in [1.54, 1.807) is 18.2 Å². The van der Waals surface area contributed by atoms with Crippen molar-refractivity contribution in [3.63, 3.8) is 0 Å². The molecule has 0 aliphatic heterocycles. The second-order valence-corrected chi connectivity index (χ2v) is 5.31. The van der Waals surface area contributed by atoms with Gasteiger partial charge in [-0.1, -0.05) is 30.1 Å². The molecule has 5 heteroatoms. The first-order valence-corrected chi connectivity index (χ1v) is 7.39. The van der Waals surface area contributed by atoms with Gasteiger partial charge >= 0.3 is 0 Å². The molecule has 0 radical (unpaired) electrons. The number of anilines is 1. The largest absolute Gasteiger partial charge is 0.370 e. The fourth-order valence-electron chi connectivity index (χ4n) is 2.12. The first-order valence-electron chi connectivity index (χ1n) is 6.63. The number of rotatable bonds is 4. The fraction of sp³-hybridized carbons (Fsp3) is 0.333. The smallest absolute Gasteiger partial charge is 0.163 e. The Labute approximate surface area is 129 Å². The monoisotopic (exact) mass is 309 g/mol. The highest BCUT2D eigenvalue weighted by Gasteiger charge is 2.13. The Hall–Kier alpha value is -1.32. The Morgan fingerprint density at radius 2 is 1.90 bits per heavy atom. The Balaban J connectivity index is 2.60. The van der Waals surface area contributed by atoms with E-state index in [0.29, 0.717) is 15.9 Å². The van der Waals surface area contributed by atoms with Crippen LogP contribution in [0.1, 0.15) is 25.1 Å². The van der Waals surface area contributed by atoms with Gasteiger partial charge in [-0.25, -0.2) is 9.97 Å². The highest BCUT2D eigenvalue weighted by Crippen LogP contribution is 2.30. The summed E-state index contributed by atoms with van der Waals surface area (Å²) in [6, 6.07) is 5.31. The van der Waals surface area contributed by atoms with Crippen LogP contribution in [-0.2, 0) is 6.42 Å². The number of benzene rings is 1. The van der Waals surface area contributed by atoms with Crippen LogP contribution in [0.5, 0.6) is 0 Å². The van der Waals surface area contributed by atoms with Crippen molar-refractivity contribution in [3.8, 4) is 11.4 Å². The first kappa shape index (κ1) is 15.1. The molecule has 20 heavy (non-hydrogen) atoms. The van der Waals surface area contributed by atoms with E-state index in [0.717, 1.165) is 35.6 Å². The summed E-state index contributed by atoms with van der Waals surface area (Å²) in [5.41, 5.74) is 2.85. The lowest BCUT2D eigenvalue weighted by Crippen LogP contribution is -2.08. The van der Waals surface area contributed by atoms with Gasteiger partial charge in [-0.05, 0) is 38.5 Å². The summed E-state index contributed by atoms with van der Waals surface area (Å²) in [4.78, 5) is 9.17. The van der Waals surface area contributed by atoms with Gasteiger partial charge in [-0.15, -0.1) is 0 Å². The van der Waals surface area contributed by atoms with Crippen molar-refractivity contribution in [3.05, 3.63) is 39.5 Å². The molecule has 0 aliphatic carbocycles. The van der Waals surface area contributed by atoms with Gasteiger partial charge in [0.25, 0.3) is 0 Å². The van der Waals surface area contributed by atoms with E-state index < -0.39 is 0 Å². The lowest BCUT2D eigenvalue weighted by atomic mass is 10.1. The molecule has 0 amide bonds. The fourth-order valence-corrected chi connectivity index (χ4v) is 2.50. The molecule has 0 saturated heterocycles. The molecule has 3 nitrogen and oxygen atoms in total. The van der Waals surface area contributed by atoms with Gasteiger partial charge in [0.1, 0.15) is 5.82 Å². The maximum absolute atomic E-state index is 6.23. The summed E-state index contributed by atoms with van der Waals surface area (Å²) in [6.07, 6.45) is 0.887. The molecule has 0 unspecified atom stereocenters. The van der Waals surface area contributed by atoms with Crippen LogP contribution in [0, 0.1) is 6.92 Å². The van der Waals surface area contributed by atoms with Crippen molar-refractivity contribution in [1.29, 1.82) is 0 Å². The van der Waals surface area contributed by atoms with Crippen molar-refractivity contribution in [2.75, 3.05) is 11.9 Å². The van der Waals surface area contributed by atoms with Crippen LogP contribution in [0.25, 0.3) is 11.4 Å². The van der Waals surface area contributed by atoms with Gasteiger partial charge in [0.15, 0.2) is 5.82 Å². The quantitative estimate of drug-likeness (QED) is 0.885. The zero-order chi connectivity index (χ0) is 14.7. The molecule has 0 fully saturated rings. The Kier molecular flexibility index (Phi) is 4.84. The minimum atomic E-state index is 0.598. The predicted octanol–water partition coefficient (Wildman–Crippen LogP) is 4.75. The van der Waals surface area contributed by atoms with Crippen LogP contribution in [0.2, 0.25) is 10.0 Å². The molecule has 106 valence electrons. The van der Waals surface area contributed by atoms with E-state index in [9.17, 15) is 0 Å². The van der Waals surface area contributed by atoms with Crippen LogP contribution in [0.15, 0.2) is 18.2 Å². The van der Waals surface area contributed by atoms with Crippen molar-refractivity contribution < 1.29 is 0 Å². The van der Waals surface area contributed by atoms with Crippen LogP contribution in [0.4, 0.5) is 5.82 Å². The third-order valence-electron chi connectivity index (χ3n) is 3.08. The lowest BCUT2D eigenvalue weighted by molar-refractivity contribution is 0.989. The SMILES string of the molecule is CCNc1nc(-c2cc(Cl)ccc2Cl)nc(C)c1CC. The Morgan fingerprint density at radius 1 is 1.15 bits per heavy atom. The zero-order valence-electron chi connectivity index (χ0n) is 11.8. The summed E-state index contributed by atoms with van der Waals surface area (Å²) in [5.74, 6) is 1.47. The maximum atomic E-state index is 6.23. The van der Waals surface area contributed by atoms with E-state index >= 15 is 0 Å².